The molecule has 0 aromatic heterocycles. The van der Waals surface area contributed by atoms with Crippen molar-refractivity contribution in [1.82, 2.24) is 0 Å². The van der Waals surface area contributed by atoms with E-state index in [1.54, 1.807) is 0 Å². The molecule has 0 aliphatic heterocycles. The summed E-state index contributed by atoms with van der Waals surface area (Å²) in [6, 6.07) is 5.88. The van der Waals surface area contributed by atoms with Crippen LogP contribution in [0.25, 0.3) is 0 Å². The fourth-order valence-corrected chi connectivity index (χ4v) is 2.06. The highest BCUT2D eigenvalue weighted by molar-refractivity contribution is 9.10. The van der Waals surface area contributed by atoms with Crippen molar-refractivity contribution in [3.05, 3.63) is 33.8 Å². The van der Waals surface area contributed by atoms with Gasteiger partial charge in [-0.3, -0.25) is 4.79 Å². The fraction of sp³-hybridized carbons (Fsp3) is 0.500. The van der Waals surface area contributed by atoms with Crippen LogP contribution in [0.15, 0.2) is 22.7 Å². The molecule has 1 aromatic carbocycles. The SMILES string of the molecule is Cc1ccc(Br)cc1C(=O)CCCC(C)C. The Hall–Kier alpha value is -0.630. The highest BCUT2D eigenvalue weighted by Crippen LogP contribution is 2.19. The molecule has 0 amide bonds. The van der Waals surface area contributed by atoms with Gasteiger partial charge in [0, 0.05) is 16.5 Å². The zero-order valence-electron chi connectivity index (χ0n) is 10.2. The van der Waals surface area contributed by atoms with Gasteiger partial charge in [-0.2, -0.15) is 0 Å². The molecule has 16 heavy (non-hydrogen) atoms. The van der Waals surface area contributed by atoms with E-state index < -0.39 is 0 Å². The molecule has 0 spiro atoms. The largest absolute Gasteiger partial charge is 0.294 e. The van der Waals surface area contributed by atoms with E-state index in [-0.39, 0.29) is 5.78 Å². The lowest BCUT2D eigenvalue weighted by Gasteiger charge is -2.07. The molecule has 1 rings (SSSR count). The van der Waals surface area contributed by atoms with Crippen LogP contribution >= 0.6 is 15.9 Å². The smallest absolute Gasteiger partial charge is 0.163 e. The van der Waals surface area contributed by atoms with Gasteiger partial charge < -0.3 is 0 Å². The fourth-order valence-electron chi connectivity index (χ4n) is 1.70. The summed E-state index contributed by atoms with van der Waals surface area (Å²) >= 11 is 3.40. The zero-order valence-corrected chi connectivity index (χ0v) is 11.8. The zero-order chi connectivity index (χ0) is 12.1. The third kappa shape index (κ3) is 4.09. The maximum atomic E-state index is 12.0. The summed E-state index contributed by atoms with van der Waals surface area (Å²) in [5.74, 6) is 0.941. The van der Waals surface area contributed by atoms with E-state index in [2.05, 4.69) is 29.8 Å². The van der Waals surface area contributed by atoms with E-state index in [4.69, 9.17) is 0 Å². The van der Waals surface area contributed by atoms with Crippen molar-refractivity contribution in [2.45, 2.75) is 40.0 Å². The highest BCUT2D eigenvalue weighted by atomic mass is 79.9. The number of rotatable bonds is 5. The number of Topliss-reactive ketones (excluding diaryl/α,β-unsaturated/α-hetero) is 1. The number of ketones is 1. The first kappa shape index (κ1) is 13.4. The van der Waals surface area contributed by atoms with Crippen LogP contribution in [0, 0.1) is 12.8 Å². The van der Waals surface area contributed by atoms with Gasteiger partial charge in [-0.1, -0.05) is 42.3 Å². The molecule has 0 aliphatic carbocycles. The molecule has 0 unspecified atom stereocenters. The summed E-state index contributed by atoms with van der Waals surface area (Å²) in [6.07, 6.45) is 2.77. The van der Waals surface area contributed by atoms with Crippen LogP contribution in [-0.4, -0.2) is 5.78 Å². The maximum absolute atomic E-state index is 12.0. The summed E-state index contributed by atoms with van der Waals surface area (Å²) in [5, 5.41) is 0. The van der Waals surface area contributed by atoms with Gasteiger partial charge in [-0.05, 0) is 37.0 Å². The van der Waals surface area contributed by atoms with Crippen molar-refractivity contribution >= 4 is 21.7 Å². The monoisotopic (exact) mass is 282 g/mol. The van der Waals surface area contributed by atoms with Crippen LogP contribution < -0.4 is 0 Å². The minimum absolute atomic E-state index is 0.263. The highest BCUT2D eigenvalue weighted by Gasteiger charge is 2.09. The van der Waals surface area contributed by atoms with Crippen molar-refractivity contribution in [1.29, 1.82) is 0 Å². The molecule has 0 bridgehead atoms. The Balaban J connectivity index is 2.62. The Morgan fingerprint density at radius 3 is 2.69 bits per heavy atom. The molecule has 0 saturated carbocycles. The Bertz CT molecular complexity index is 369. The third-order valence-corrected chi connectivity index (χ3v) is 3.18. The number of hydrogen-bond donors (Lipinski definition) is 0. The molecular weight excluding hydrogens is 264 g/mol. The van der Waals surface area contributed by atoms with Crippen molar-refractivity contribution < 1.29 is 4.79 Å². The van der Waals surface area contributed by atoms with E-state index in [1.165, 1.54) is 0 Å². The molecule has 0 heterocycles. The molecule has 0 atom stereocenters. The van der Waals surface area contributed by atoms with E-state index in [0.717, 1.165) is 28.4 Å². The summed E-state index contributed by atoms with van der Waals surface area (Å²) in [5.41, 5.74) is 1.93. The molecule has 0 N–H and O–H groups in total. The van der Waals surface area contributed by atoms with Gasteiger partial charge in [0.15, 0.2) is 5.78 Å². The number of aryl methyl sites for hydroxylation is 1. The van der Waals surface area contributed by atoms with Crippen molar-refractivity contribution in [3.8, 4) is 0 Å². The first-order valence-electron chi connectivity index (χ1n) is 5.80. The summed E-state index contributed by atoms with van der Waals surface area (Å²) < 4.78 is 0.977. The van der Waals surface area contributed by atoms with Gasteiger partial charge in [0.05, 0.1) is 0 Å². The minimum Gasteiger partial charge on any atom is -0.294 e. The molecule has 0 radical (unpaired) electrons. The standard InChI is InChI=1S/C14H19BrO/c1-10(2)5-4-6-14(16)13-9-12(15)8-7-11(13)3/h7-10H,4-6H2,1-3H3. The Morgan fingerprint density at radius 1 is 1.38 bits per heavy atom. The normalized spacial score (nSPS) is 10.8. The molecule has 0 aliphatic rings. The van der Waals surface area contributed by atoms with Crippen molar-refractivity contribution in [2.75, 3.05) is 0 Å². The van der Waals surface area contributed by atoms with E-state index in [0.29, 0.717) is 12.3 Å². The second-order valence-corrected chi connectivity index (χ2v) is 5.58. The topological polar surface area (TPSA) is 17.1 Å². The maximum Gasteiger partial charge on any atom is 0.163 e. The van der Waals surface area contributed by atoms with Crippen molar-refractivity contribution in [2.24, 2.45) is 5.92 Å². The number of benzene rings is 1. The van der Waals surface area contributed by atoms with Crippen LogP contribution in [-0.2, 0) is 0 Å². The van der Waals surface area contributed by atoms with Crippen LogP contribution in [0.4, 0.5) is 0 Å². The molecule has 1 aromatic rings. The average Bonchev–Trinajstić information content (AvgIpc) is 2.21. The van der Waals surface area contributed by atoms with Gasteiger partial charge in [0.2, 0.25) is 0 Å². The summed E-state index contributed by atoms with van der Waals surface area (Å²) in [7, 11) is 0. The minimum atomic E-state index is 0.263. The lowest BCUT2D eigenvalue weighted by Crippen LogP contribution is -2.02. The number of hydrogen-bond acceptors (Lipinski definition) is 1. The lowest BCUT2D eigenvalue weighted by atomic mass is 9.99. The first-order chi connectivity index (χ1) is 7.50. The Morgan fingerprint density at radius 2 is 2.06 bits per heavy atom. The van der Waals surface area contributed by atoms with Crippen LogP contribution in [0.5, 0.6) is 0 Å². The van der Waals surface area contributed by atoms with Gasteiger partial charge in [-0.25, -0.2) is 0 Å². The Labute approximate surface area is 106 Å². The summed E-state index contributed by atoms with van der Waals surface area (Å²) in [6.45, 7) is 6.37. The quantitative estimate of drug-likeness (QED) is 0.711. The number of carbonyl (C=O) groups excluding carboxylic acids is 1. The third-order valence-electron chi connectivity index (χ3n) is 2.69. The molecule has 1 nitrogen and oxygen atoms in total. The predicted molar refractivity (Wildman–Crippen MR) is 71.9 cm³/mol. The van der Waals surface area contributed by atoms with E-state index >= 15 is 0 Å². The van der Waals surface area contributed by atoms with Crippen LogP contribution in [0.2, 0.25) is 0 Å². The molecule has 88 valence electrons. The van der Waals surface area contributed by atoms with Gasteiger partial charge in [0.1, 0.15) is 0 Å². The molecule has 0 saturated heterocycles. The number of carbonyl (C=O) groups is 1. The van der Waals surface area contributed by atoms with Gasteiger partial charge >= 0.3 is 0 Å². The second-order valence-electron chi connectivity index (χ2n) is 4.67. The Kier molecular flexibility index (Phi) is 5.20. The van der Waals surface area contributed by atoms with Crippen LogP contribution in [0.1, 0.15) is 49.0 Å². The van der Waals surface area contributed by atoms with Gasteiger partial charge in [0.25, 0.3) is 0 Å². The number of halogens is 1. The summed E-state index contributed by atoms with van der Waals surface area (Å²) in [4.78, 5) is 12.0. The average molecular weight is 283 g/mol. The second kappa shape index (κ2) is 6.19. The van der Waals surface area contributed by atoms with Crippen molar-refractivity contribution in [3.63, 3.8) is 0 Å². The van der Waals surface area contributed by atoms with Gasteiger partial charge in [-0.15, -0.1) is 0 Å². The van der Waals surface area contributed by atoms with Crippen LogP contribution in [0.3, 0.4) is 0 Å². The predicted octanol–water partition coefficient (Wildman–Crippen LogP) is 4.77. The lowest BCUT2D eigenvalue weighted by molar-refractivity contribution is 0.0977. The molecule has 0 fully saturated rings. The first-order valence-corrected chi connectivity index (χ1v) is 6.59. The van der Waals surface area contributed by atoms with E-state index in [9.17, 15) is 4.79 Å². The molecular formula is C14H19BrO. The molecule has 2 heteroatoms. The van der Waals surface area contributed by atoms with E-state index in [1.807, 2.05) is 25.1 Å².